The Labute approximate surface area is 187 Å². The number of benzene rings is 2. The van der Waals surface area contributed by atoms with Gasteiger partial charge in [0.15, 0.2) is 15.0 Å². The van der Waals surface area contributed by atoms with Crippen molar-refractivity contribution in [2.24, 2.45) is 0 Å². The number of aryl methyl sites for hydroxylation is 2. The number of aromatic nitrogens is 1. The second kappa shape index (κ2) is 8.24. The van der Waals surface area contributed by atoms with Gasteiger partial charge in [0.1, 0.15) is 0 Å². The van der Waals surface area contributed by atoms with E-state index in [1.165, 1.54) is 28.0 Å². The van der Waals surface area contributed by atoms with E-state index in [4.69, 9.17) is 4.98 Å². The van der Waals surface area contributed by atoms with Gasteiger partial charge in [-0.25, -0.2) is 13.4 Å². The monoisotopic (exact) mass is 457 g/mol. The summed E-state index contributed by atoms with van der Waals surface area (Å²) in [6.07, 6.45) is 0. The molecule has 164 valence electrons. The van der Waals surface area contributed by atoms with E-state index < -0.39 is 15.1 Å². The van der Waals surface area contributed by atoms with Crippen LogP contribution in [0.15, 0.2) is 41.3 Å². The molecule has 0 saturated carbocycles. The number of fused-ring (bicyclic) bond motifs is 1. The Morgan fingerprint density at radius 3 is 2.26 bits per heavy atom. The summed E-state index contributed by atoms with van der Waals surface area (Å²) >= 11 is 1.69. The first kappa shape index (κ1) is 21.8. The quantitative estimate of drug-likeness (QED) is 0.591. The fourth-order valence-corrected chi connectivity index (χ4v) is 5.83. The van der Waals surface area contributed by atoms with Crippen LogP contribution in [0, 0.1) is 13.8 Å². The molecule has 0 atom stereocenters. The van der Waals surface area contributed by atoms with Crippen LogP contribution in [0.3, 0.4) is 0 Å². The number of rotatable bonds is 4. The fourth-order valence-electron chi connectivity index (χ4n) is 3.69. The maximum absolute atomic E-state index is 12.9. The Bertz CT molecular complexity index is 1220. The lowest BCUT2D eigenvalue weighted by atomic mass is 10.1. The molecule has 1 amide bonds. The number of nitrogens with zero attached hydrogens (tertiary/aromatic N) is 3. The molecule has 0 unspecified atom stereocenters. The largest absolute Gasteiger partial charge is 0.345 e. The van der Waals surface area contributed by atoms with E-state index >= 15 is 0 Å². The van der Waals surface area contributed by atoms with E-state index in [9.17, 15) is 13.2 Å². The zero-order valence-corrected chi connectivity index (χ0v) is 19.9. The zero-order valence-electron chi connectivity index (χ0n) is 18.3. The molecule has 0 radical (unpaired) electrons. The molecule has 31 heavy (non-hydrogen) atoms. The third-order valence-electron chi connectivity index (χ3n) is 5.96. The van der Waals surface area contributed by atoms with E-state index in [1.807, 2.05) is 4.90 Å². The summed E-state index contributed by atoms with van der Waals surface area (Å²) in [6, 6.07) is 10.6. The smallest absolute Gasteiger partial charge is 0.253 e. The van der Waals surface area contributed by atoms with Crippen molar-refractivity contribution in [3.63, 3.8) is 0 Å². The molecule has 1 aliphatic heterocycles. The highest BCUT2D eigenvalue weighted by Crippen LogP contribution is 2.32. The summed E-state index contributed by atoms with van der Waals surface area (Å²) < 4.78 is 25.8. The Hall–Kier alpha value is -2.45. The van der Waals surface area contributed by atoms with Gasteiger partial charge < -0.3 is 9.80 Å². The van der Waals surface area contributed by atoms with Crippen LogP contribution in [0.4, 0.5) is 5.13 Å². The average Bonchev–Trinajstić information content (AvgIpc) is 3.21. The summed E-state index contributed by atoms with van der Waals surface area (Å²) in [7, 11) is -3.34. The van der Waals surface area contributed by atoms with Gasteiger partial charge in [-0.15, -0.1) is 0 Å². The van der Waals surface area contributed by atoms with Crippen molar-refractivity contribution in [2.75, 3.05) is 31.1 Å². The first-order chi connectivity index (χ1) is 14.7. The van der Waals surface area contributed by atoms with Crippen molar-refractivity contribution < 1.29 is 13.2 Å². The number of anilines is 1. The standard InChI is InChI=1S/C23H27N3O3S2/c1-15(2)31(28,29)19-8-6-18(7-9-19)22(27)25-11-13-26(14-12-25)23-24-21-17(4)16(3)5-10-20(21)30-23/h5-10,15H,11-14H2,1-4H3. The summed E-state index contributed by atoms with van der Waals surface area (Å²) in [5.74, 6) is -0.0658. The molecular weight excluding hydrogens is 430 g/mol. The number of thiazole rings is 1. The van der Waals surface area contributed by atoms with Gasteiger partial charge in [0.05, 0.1) is 20.4 Å². The van der Waals surface area contributed by atoms with Gasteiger partial charge in [-0.3, -0.25) is 4.79 Å². The van der Waals surface area contributed by atoms with E-state index in [-0.39, 0.29) is 10.8 Å². The Morgan fingerprint density at radius 2 is 1.65 bits per heavy atom. The molecular formula is C23H27N3O3S2. The summed E-state index contributed by atoms with van der Waals surface area (Å²) in [6.45, 7) is 10.2. The van der Waals surface area contributed by atoms with E-state index in [0.717, 1.165) is 23.7 Å². The third-order valence-corrected chi connectivity index (χ3v) is 9.21. The SMILES string of the molecule is Cc1ccc2sc(N3CCN(C(=O)c4ccc(S(=O)(=O)C(C)C)cc4)CC3)nc2c1C. The van der Waals surface area contributed by atoms with Crippen LogP contribution in [0.1, 0.15) is 35.3 Å². The predicted molar refractivity (Wildman–Crippen MR) is 126 cm³/mol. The number of amides is 1. The van der Waals surface area contributed by atoms with Crippen LogP contribution in [0.2, 0.25) is 0 Å². The number of carbonyl (C=O) groups excluding carboxylic acids is 1. The molecule has 8 heteroatoms. The van der Waals surface area contributed by atoms with Crippen molar-refractivity contribution in [3.05, 3.63) is 53.1 Å². The van der Waals surface area contributed by atoms with Gasteiger partial charge in [0.2, 0.25) is 0 Å². The molecule has 1 fully saturated rings. The molecule has 4 rings (SSSR count). The number of hydrogen-bond acceptors (Lipinski definition) is 6. The summed E-state index contributed by atoms with van der Waals surface area (Å²) in [5.41, 5.74) is 4.04. The molecule has 1 aliphatic rings. The van der Waals surface area contributed by atoms with Crippen molar-refractivity contribution in [2.45, 2.75) is 37.8 Å². The molecule has 0 bridgehead atoms. The van der Waals surface area contributed by atoms with Crippen LogP contribution in [0.5, 0.6) is 0 Å². The predicted octanol–water partition coefficient (Wildman–Crippen LogP) is 4.06. The Morgan fingerprint density at radius 1 is 1.00 bits per heavy atom. The highest BCUT2D eigenvalue weighted by Gasteiger charge is 2.25. The number of carbonyl (C=O) groups is 1. The number of piperazine rings is 1. The molecule has 1 saturated heterocycles. The van der Waals surface area contributed by atoms with Crippen LogP contribution in [-0.4, -0.2) is 55.6 Å². The number of hydrogen-bond donors (Lipinski definition) is 0. The average molecular weight is 458 g/mol. The molecule has 3 aromatic rings. The van der Waals surface area contributed by atoms with E-state index in [2.05, 4.69) is 30.9 Å². The van der Waals surface area contributed by atoms with E-state index in [1.54, 1.807) is 37.3 Å². The van der Waals surface area contributed by atoms with Gasteiger partial charge in [0, 0.05) is 31.7 Å². The molecule has 2 aromatic carbocycles. The molecule has 0 aliphatic carbocycles. The molecule has 1 aromatic heterocycles. The van der Waals surface area contributed by atoms with Gasteiger partial charge in [-0.1, -0.05) is 17.4 Å². The topological polar surface area (TPSA) is 70.6 Å². The van der Waals surface area contributed by atoms with Crippen LogP contribution >= 0.6 is 11.3 Å². The summed E-state index contributed by atoms with van der Waals surface area (Å²) in [5, 5.41) is 0.511. The molecule has 0 spiro atoms. The van der Waals surface area contributed by atoms with Crippen LogP contribution < -0.4 is 4.90 Å². The minimum absolute atomic E-state index is 0.0658. The van der Waals surface area contributed by atoms with Crippen molar-refractivity contribution in [1.29, 1.82) is 0 Å². The lowest BCUT2D eigenvalue weighted by Gasteiger charge is -2.34. The third kappa shape index (κ3) is 4.06. The normalized spacial score (nSPS) is 15.1. The van der Waals surface area contributed by atoms with Crippen LogP contribution in [0.25, 0.3) is 10.2 Å². The second-order valence-electron chi connectivity index (χ2n) is 8.25. The fraction of sp³-hybridized carbons (Fsp3) is 0.391. The van der Waals surface area contributed by atoms with Gasteiger partial charge in [-0.05, 0) is 69.2 Å². The number of sulfone groups is 1. The Kier molecular flexibility index (Phi) is 5.79. The maximum Gasteiger partial charge on any atom is 0.253 e. The molecule has 2 heterocycles. The highest BCUT2D eigenvalue weighted by atomic mass is 32.2. The first-order valence-electron chi connectivity index (χ1n) is 10.4. The van der Waals surface area contributed by atoms with Crippen molar-refractivity contribution in [1.82, 2.24) is 9.88 Å². The van der Waals surface area contributed by atoms with E-state index in [0.29, 0.717) is 18.7 Å². The van der Waals surface area contributed by atoms with Gasteiger partial charge in [-0.2, -0.15) is 0 Å². The molecule has 6 nitrogen and oxygen atoms in total. The lowest BCUT2D eigenvalue weighted by Crippen LogP contribution is -2.48. The Balaban J connectivity index is 1.44. The summed E-state index contributed by atoms with van der Waals surface area (Å²) in [4.78, 5) is 22.1. The van der Waals surface area contributed by atoms with Crippen molar-refractivity contribution in [3.8, 4) is 0 Å². The lowest BCUT2D eigenvalue weighted by molar-refractivity contribution is 0.0746. The minimum Gasteiger partial charge on any atom is -0.345 e. The maximum atomic E-state index is 12.9. The second-order valence-corrected chi connectivity index (χ2v) is 11.8. The molecule has 0 N–H and O–H groups in total. The van der Waals surface area contributed by atoms with Crippen LogP contribution in [-0.2, 0) is 9.84 Å². The zero-order chi connectivity index (χ0) is 22.3. The highest BCUT2D eigenvalue weighted by molar-refractivity contribution is 7.92. The minimum atomic E-state index is -3.34. The van der Waals surface area contributed by atoms with Gasteiger partial charge in [0.25, 0.3) is 5.91 Å². The first-order valence-corrected chi connectivity index (χ1v) is 12.8. The van der Waals surface area contributed by atoms with Crippen molar-refractivity contribution >= 4 is 42.4 Å². The van der Waals surface area contributed by atoms with Gasteiger partial charge >= 0.3 is 0 Å².